The number of benzene rings is 2. The number of nitrogens with one attached hydrogen (secondary N) is 2. The number of carbonyl (C=O) groups is 2. The maximum Gasteiger partial charge on any atom is 0.254 e. The van der Waals surface area contributed by atoms with E-state index in [-0.39, 0.29) is 18.4 Å². The number of nitrogens with zero attached hydrogens (tertiary/aromatic N) is 1. The predicted molar refractivity (Wildman–Crippen MR) is 118 cm³/mol. The molecule has 2 N–H and O–H groups in total. The van der Waals surface area contributed by atoms with Crippen molar-refractivity contribution in [2.24, 2.45) is 5.92 Å². The highest BCUT2D eigenvalue weighted by Gasteiger charge is 2.22. The van der Waals surface area contributed by atoms with Gasteiger partial charge in [-0.2, -0.15) is 0 Å². The Kier molecular flexibility index (Phi) is 5.48. The second-order valence-corrected chi connectivity index (χ2v) is 8.13. The standard InChI is InChI=1S/C24H27N3O3/c1-15-7-9-21-19(11-15)20-12-16(8-10-22(20)26-21)24(29)27(2)14-23(28)25-17-5-4-6-18(13-17)30-3/h4-6,8,10,12-13,15,26H,7,9,11,14H2,1-3H3,(H,25,28)/t15-/m0/s1. The summed E-state index contributed by atoms with van der Waals surface area (Å²) in [6, 6.07) is 12.9. The first-order valence-electron chi connectivity index (χ1n) is 10.3. The molecule has 1 aromatic heterocycles. The van der Waals surface area contributed by atoms with E-state index in [0.29, 0.717) is 22.9 Å². The molecule has 1 aliphatic carbocycles. The summed E-state index contributed by atoms with van der Waals surface area (Å²) in [7, 11) is 3.22. The Morgan fingerprint density at radius 2 is 2.07 bits per heavy atom. The van der Waals surface area contributed by atoms with Crippen molar-refractivity contribution in [1.82, 2.24) is 9.88 Å². The maximum absolute atomic E-state index is 12.9. The van der Waals surface area contributed by atoms with E-state index in [1.807, 2.05) is 24.3 Å². The number of hydrogen-bond donors (Lipinski definition) is 2. The molecule has 0 unspecified atom stereocenters. The zero-order chi connectivity index (χ0) is 21.3. The Morgan fingerprint density at radius 1 is 1.23 bits per heavy atom. The number of aromatic amines is 1. The summed E-state index contributed by atoms with van der Waals surface area (Å²) in [6.07, 6.45) is 3.28. The van der Waals surface area contributed by atoms with E-state index in [0.717, 1.165) is 23.7 Å². The van der Waals surface area contributed by atoms with E-state index in [1.165, 1.54) is 22.6 Å². The minimum Gasteiger partial charge on any atom is -0.497 e. The molecule has 30 heavy (non-hydrogen) atoms. The third kappa shape index (κ3) is 4.03. The fourth-order valence-electron chi connectivity index (χ4n) is 4.13. The first-order chi connectivity index (χ1) is 14.4. The maximum atomic E-state index is 12.9. The van der Waals surface area contributed by atoms with E-state index < -0.39 is 0 Å². The molecular weight excluding hydrogens is 378 g/mol. The Morgan fingerprint density at radius 3 is 2.87 bits per heavy atom. The van der Waals surface area contributed by atoms with Gasteiger partial charge in [-0.05, 0) is 61.1 Å². The molecule has 6 heteroatoms. The number of carbonyl (C=O) groups excluding carboxylic acids is 2. The van der Waals surface area contributed by atoms with Gasteiger partial charge in [0.25, 0.3) is 5.91 Å². The third-order valence-corrected chi connectivity index (χ3v) is 5.76. The molecule has 1 heterocycles. The quantitative estimate of drug-likeness (QED) is 0.673. The van der Waals surface area contributed by atoms with E-state index in [1.54, 1.807) is 32.4 Å². The number of aromatic nitrogens is 1. The average molecular weight is 405 g/mol. The van der Waals surface area contributed by atoms with Gasteiger partial charge < -0.3 is 19.9 Å². The minimum atomic E-state index is -0.256. The second-order valence-electron chi connectivity index (χ2n) is 8.13. The molecule has 6 nitrogen and oxygen atoms in total. The Labute approximate surface area is 176 Å². The smallest absolute Gasteiger partial charge is 0.254 e. The number of ether oxygens (including phenoxy) is 1. The highest BCUT2D eigenvalue weighted by Crippen LogP contribution is 2.32. The van der Waals surface area contributed by atoms with Crippen LogP contribution in [0.4, 0.5) is 5.69 Å². The fraction of sp³-hybridized carbons (Fsp3) is 0.333. The lowest BCUT2D eigenvalue weighted by molar-refractivity contribution is -0.116. The van der Waals surface area contributed by atoms with Crippen LogP contribution in [-0.2, 0) is 17.6 Å². The number of hydrogen-bond acceptors (Lipinski definition) is 3. The van der Waals surface area contributed by atoms with Crippen LogP contribution in [0.5, 0.6) is 5.75 Å². The lowest BCUT2D eigenvalue weighted by atomic mass is 9.87. The van der Waals surface area contributed by atoms with E-state index in [4.69, 9.17) is 4.74 Å². The number of amides is 2. The molecule has 2 amide bonds. The van der Waals surface area contributed by atoms with Crippen LogP contribution < -0.4 is 10.1 Å². The summed E-state index contributed by atoms with van der Waals surface area (Å²) in [5.74, 6) is 0.887. The van der Waals surface area contributed by atoms with Gasteiger partial charge in [-0.25, -0.2) is 0 Å². The zero-order valence-corrected chi connectivity index (χ0v) is 17.6. The first-order valence-corrected chi connectivity index (χ1v) is 10.3. The van der Waals surface area contributed by atoms with Crippen molar-refractivity contribution >= 4 is 28.4 Å². The number of fused-ring (bicyclic) bond motifs is 3. The van der Waals surface area contributed by atoms with Crippen molar-refractivity contribution in [2.45, 2.75) is 26.2 Å². The van der Waals surface area contributed by atoms with Crippen LogP contribution in [0.25, 0.3) is 10.9 Å². The SMILES string of the molecule is COc1cccc(NC(=O)CN(C)C(=O)c2ccc3[nH]c4c(c3c2)C[C@@H](C)CC4)c1. The van der Waals surface area contributed by atoms with Crippen LogP contribution in [0.15, 0.2) is 42.5 Å². The summed E-state index contributed by atoms with van der Waals surface area (Å²) >= 11 is 0. The number of H-pyrrole nitrogens is 1. The first kappa shape index (κ1) is 20.0. The zero-order valence-electron chi connectivity index (χ0n) is 17.6. The summed E-state index contributed by atoms with van der Waals surface area (Å²) < 4.78 is 5.17. The molecule has 0 saturated heterocycles. The molecular formula is C24H27N3O3. The minimum absolute atomic E-state index is 0.0314. The molecule has 0 radical (unpaired) electrons. The van der Waals surface area contributed by atoms with Gasteiger partial charge in [-0.15, -0.1) is 0 Å². The number of rotatable bonds is 5. The van der Waals surface area contributed by atoms with Crippen molar-refractivity contribution in [3.05, 3.63) is 59.3 Å². The van der Waals surface area contributed by atoms with Gasteiger partial charge in [0.2, 0.25) is 5.91 Å². The summed E-state index contributed by atoms with van der Waals surface area (Å²) in [4.78, 5) is 30.3. The Bertz CT molecular complexity index is 1100. The molecule has 0 fully saturated rings. The monoisotopic (exact) mass is 405 g/mol. The molecule has 4 rings (SSSR count). The van der Waals surface area contributed by atoms with Gasteiger partial charge in [0.05, 0.1) is 13.7 Å². The van der Waals surface area contributed by atoms with E-state index in [2.05, 4.69) is 17.2 Å². The molecule has 0 aliphatic heterocycles. The summed E-state index contributed by atoms with van der Waals surface area (Å²) in [5.41, 5.74) is 4.92. The van der Waals surface area contributed by atoms with Gasteiger partial charge in [0.1, 0.15) is 5.75 Å². The van der Waals surface area contributed by atoms with Gasteiger partial charge in [0, 0.05) is 41.0 Å². The number of methoxy groups -OCH3 is 1. The molecule has 1 aliphatic rings. The van der Waals surface area contributed by atoms with Crippen molar-refractivity contribution in [3.8, 4) is 5.75 Å². The van der Waals surface area contributed by atoms with Crippen molar-refractivity contribution in [2.75, 3.05) is 26.0 Å². The molecule has 156 valence electrons. The van der Waals surface area contributed by atoms with Crippen molar-refractivity contribution in [1.29, 1.82) is 0 Å². The van der Waals surface area contributed by atoms with Gasteiger partial charge in [0.15, 0.2) is 0 Å². The molecule has 2 aromatic carbocycles. The number of likely N-dealkylation sites (N-methyl/N-ethyl adjacent to an activating group) is 1. The average Bonchev–Trinajstić information content (AvgIpc) is 3.10. The van der Waals surface area contributed by atoms with E-state index >= 15 is 0 Å². The molecule has 0 saturated carbocycles. The lowest BCUT2D eigenvalue weighted by Gasteiger charge is -2.19. The summed E-state index contributed by atoms with van der Waals surface area (Å²) in [5, 5.41) is 3.93. The Hall–Kier alpha value is -3.28. The van der Waals surface area contributed by atoms with E-state index in [9.17, 15) is 9.59 Å². The Balaban J connectivity index is 1.47. The van der Waals surface area contributed by atoms with Crippen molar-refractivity contribution in [3.63, 3.8) is 0 Å². The third-order valence-electron chi connectivity index (χ3n) is 5.76. The van der Waals surface area contributed by atoms with Gasteiger partial charge >= 0.3 is 0 Å². The summed E-state index contributed by atoms with van der Waals surface area (Å²) in [6.45, 7) is 2.24. The largest absolute Gasteiger partial charge is 0.497 e. The molecule has 0 bridgehead atoms. The van der Waals surface area contributed by atoms with Crippen LogP contribution >= 0.6 is 0 Å². The highest BCUT2D eigenvalue weighted by atomic mass is 16.5. The van der Waals surface area contributed by atoms with Crippen LogP contribution in [0.3, 0.4) is 0 Å². The van der Waals surface area contributed by atoms with Crippen molar-refractivity contribution < 1.29 is 14.3 Å². The van der Waals surface area contributed by atoms with Gasteiger partial charge in [-0.1, -0.05) is 13.0 Å². The molecule has 0 spiro atoms. The van der Waals surface area contributed by atoms with Gasteiger partial charge in [-0.3, -0.25) is 9.59 Å². The fourth-order valence-corrected chi connectivity index (χ4v) is 4.13. The normalized spacial score (nSPS) is 15.5. The number of anilines is 1. The highest BCUT2D eigenvalue weighted by molar-refractivity contribution is 6.02. The van der Waals surface area contributed by atoms with Crippen LogP contribution in [0.2, 0.25) is 0 Å². The number of aryl methyl sites for hydroxylation is 1. The predicted octanol–water partition coefficient (Wildman–Crippen LogP) is 4.01. The molecule has 1 atom stereocenters. The van der Waals surface area contributed by atoms with Crippen LogP contribution in [0.1, 0.15) is 35.0 Å². The second kappa shape index (κ2) is 8.22. The molecule has 3 aromatic rings. The lowest BCUT2D eigenvalue weighted by Crippen LogP contribution is -2.34. The van der Waals surface area contributed by atoms with Crippen LogP contribution in [0, 0.1) is 5.92 Å². The topological polar surface area (TPSA) is 74.4 Å². The van der Waals surface area contributed by atoms with Crippen LogP contribution in [-0.4, -0.2) is 42.4 Å².